The summed E-state index contributed by atoms with van der Waals surface area (Å²) in [6.45, 7) is 4.57. The third kappa shape index (κ3) is 1.73. The Labute approximate surface area is 144 Å². The van der Waals surface area contributed by atoms with Crippen LogP contribution in [0.3, 0.4) is 0 Å². The maximum atomic E-state index is 11.9. The molecule has 1 N–H and O–H groups in total. The van der Waals surface area contributed by atoms with E-state index < -0.39 is 5.60 Å². The number of hydrogen-bond donors (Lipinski definition) is 1. The summed E-state index contributed by atoms with van der Waals surface area (Å²) in [5.41, 5.74) is 0.565. The highest BCUT2D eigenvalue weighted by Crippen LogP contribution is 2.66. The first-order valence-corrected chi connectivity index (χ1v) is 10.0. The Morgan fingerprint density at radius 2 is 1.96 bits per heavy atom. The van der Waals surface area contributed by atoms with Gasteiger partial charge in [-0.2, -0.15) is 0 Å². The van der Waals surface area contributed by atoms with Crippen molar-refractivity contribution in [2.45, 2.75) is 88.9 Å². The molecule has 1 heterocycles. The molecular formula is C21H30O3. The Morgan fingerprint density at radius 3 is 2.79 bits per heavy atom. The summed E-state index contributed by atoms with van der Waals surface area (Å²) >= 11 is 0. The quantitative estimate of drug-likeness (QED) is 0.735. The van der Waals surface area contributed by atoms with Crippen molar-refractivity contribution in [2.24, 2.45) is 23.2 Å². The molecule has 1 saturated heterocycles. The molecule has 3 saturated carbocycles. The smallest absolute Gasteiger partial charge is 0.155 e. The summed E-state index contributed by atoms with van der Waals surface area (Å²) in [6, 6.07) is 0. The van der Waals surface area contributed by atoms with Crippen molar-refractivity contribution in [1.29, 1.82) is 0 Å². The number of fused-ring (bicyclic) bond motifs is 5. The normalized spacial score (nSPS) is 56.1. The number of ether oxygens (including phenoxy) is 1. The van der Waals surface area contributed by atoms with Crippen LogP contribution in [0.1, 0.15) is 71.6 Å². The first-order chi connectivity index (χ1) is 11.4. The van der Waals surface area contributed by atoms with Gasteiger partial charge < -0.3 is 9.84 Å². The van der Waals surface area contributed by atoms with Crippen LogP contribution in [0, 0.1) is 23.2 Å². The van der Waals surface area contributed by atoms with Gasteiger partial charge in [-0.15, -0.1) is 0 Å². The van der Waals surface area contributed by atoms with Crippen LogP contribution < -0.4 is 0 Å². The molecular weight excluding hydrogens is 300 g/mol. The first kappa shape index (κ1) is 15.6. The molecule has 5 aliphatic rings. The van der Waals surface area contributed by atoms with E-state index in [1.807, 2.05) is 6.08 Å². The van der Waals surface area contributed by atoms with Crippen molar-refractivity contribution < 1.29 is 14.6 Å². The summed E-state index contributed by atoms with van der Waals surface area (Å²) in [7, 11) is 0. The zero-order chi connectivity index (χ0) is 16.7. The van der Waals surface area contributed by atoms with Gasteiger partial charge in [-0.1, -0.05) is 12.5 Å². The fourth-order valence-electron chi connectivity index (χ4n) is 7.43. The van der Waals surface area contributed by atoms with Crippen LogP contribution in [-0.4, -0.2) is 28.2 Å². The molecule has 1 aliphatic heterocycles. The van der Waals surface area contributed by atoms with Gasteiger partial charge in [-0.05, 0) is 87.5 Å². The number of aliphatic hydroxyl groups is 1. The Bertz CT molecular complexity index is 621. The third-order valence-corrected chi connectivity index (χ3v) is 8.81. The monoisotopic (exact) mass is 330 g/mol. The van der Waals surface area contributed by atoms with E-state index in [2.05, 4.69) is 13.8 Å². The molecule has 4 fully saturated rings. The summed E-state index contributed by atoms with van der Waals surface area (Å²) in [4.78, 5) is 11.9. The molecule has 2 bridgehead atoms. The summed E-state index contributed by atoms with van der Waals surface area (Å²) in [6.07, 6.45) is 11.2. The summed E-state index contributed by atoms with van der Waals surface area (Å²) in [5, 5.41) is 11.9. The highest BCUT2D eigenvalue weighted by Gasteiger charge is 2.68. The standard InChI is InChI=1S/C21H30O3/c1-13-14-5-10-21(23)18-4-3-15-11-16(22)6-8-19(15,2)17(18)7-9-20(21,12-14)24-13/h11,13-14,17-18,23H,3-10,12H2,1-2H3/t13-,14+,17+,18-,19+,20+,21-/m1/s1. The van der Waals surface area contributed by atoms with Crippen molar-refractivity contribution in [3.8, 4) is 0 Å². The molecule has 24 heavy (non-hydrogen) atoms. The lowest BCUT2D eigenvalue weighted by molar-refractivity contribution is -0.248. The van der Waals surface area contributed by atoms with Gasteiger partial charge in [0.2, 0.25) is 0 Å². The van der Waals surface area contributed by atoms with E-state index >= 15 is 0 Å². The van der Waals surface area contributed by atoms with E-state index in [9.17, 15) is 9.90 Å². The Kier molecular flexibility index (Phi) is 3.07. The Hall–Kier alpha value is -0.670. The van der Waals surface area contributed by atoms with Gasteiger partial charge in [0.15, 0.2) is 5.78 Å². The van der Waals surface area contributed by atoms with Crippen LogP contribution in [-0.2, 0) is 9.53 Å². The number of allylic oxidation sites excluding steroid dienone is 2. The Balaban J connectivity index is 1.54. The predicted molar refractivity (Wildman–Crippen MR) is 91.4 cm³/mol. The van der Waals surface area contributed by atoms with Crippen molar-refractivity contribution in [3.63, 3.8) is 0 Å². The van der Waals surface area contributed by atoms with Gasteiger partial charge in [0, 0.05) is 6.42 Å². The molecule has 0 aromatic heterocycles. The summed E-state index contributed by atoms with van der Waals surface area (Å²) in [5.74, 6) is 1.80. The second-order valence-corrected chi connectivity index (χ2v) is 9.59. The van der Waals surface area contributed by atoms with Crippen LogP contribution in [0.2, 0.25) is 0 Å². The van der Waals surface area contributed by atoms with Gasteiger partial charge in [-0.3, -0.25) is 4.79 Å². The minimum absolute atomic E-state index is 0.120. The van der Waals surface area contributed by atoms with Crippen LogP contribution >= 0.6 is 0 Å². The van der Waals surface area contributed by atoms with Crippen molar-refractivity contribution in [3.05, 3.63) is 11.6 Å². The van der Waals surface area contributed by atoms with Gasteiger partial charge >= 0.3 is 0 Å². The maximum Gasteiger partial charge on any atom is 0.155 e. The average molecular weight is 330 g/mol. The van der Waals surface area contributed by atoms with Gasteiger partial charge in [-0.25, -0.2) is 0 Å². The third-order valence-electron chi connectivity index (χ3n) is 8.81. The molecule has 0 aromatic rings. The minimum Gasteiger partial charge on any atom is -0.387 e. The molecule has 4 aliphatic carbocycles. The molecule has 0 unspecified atom stereocenters. The van der Waals surface area contributed by atoms with Crippen molar-refractivity contribution in [1.82, 2.24) is 0 Å². The van der Waals surface area contributed by atoms with Crippen LogP contribution in [0.15, 0.2) is 11.6 Å². The van der Waals surface area contributed by atoms with Crippen LogP contribution in [0.25, 0.3) is 0 Å². The molecule has 1 spiro atoms. The van der Waals surface area contributed by atoms with Gasteiger partial charge in [0.1, 0.15) is 0 Å². The van der Waals surface area contributed by atoms with E-state index in [0.29, 0.717) is 36.1 Å². The summed E-state index contributed by atoms with van der Waals surface area (Å²) < 4.78 is 6.50. The fourth-order valence-corrected chi connectivity index (χ4v) is 7.43. The lowest BCUT2D eigenvalue weighted by Gasteiger charge is -2.62. The van der Waals surface area contributed by atoms with E-state index in [1.165, 1.54) is 5.57 Å². The average Bonchev–Trinajstić information content (AvgIpc) is 2.82. The molecule has 3 heteroatoms. The highest BCUT2D eigenvalue weighted by atomic mass is 16.5. The van der Waals surface area contributed by atoms with Gasteiger partial charge in [0.25, 0.3) is 0 Å². The minimum atomic E-state index is -0.646. The molecule has 0 amide bonds. The molecule has 0 aromatic carbocycles. The van der Waals surface area contributed by atoms with E-state index in [0.717, 1.165) is 51.4 Å². The zero-order valence-electron chi connectivity index (χ0n) is 15.0. The van der Waals surface area contributed by atoms with Crippen molar-refractivity contribution in [2.75, 3.05) is 0 Å². The second kappa shape index (κ2) is 4.73. The number of carbonyl (C=O) groups excluding carboxylic acids is 1. The molecule has 7 atom stereocenters. The lowest BCUT2D eigenvalue weighted by Crippen LogP contribution is -2.67. The van der Waals surface area contributed by atoms with E-state index in [1.54, 1.807) is 0 Å². The number of carbonyl (C=O) groups is 1. The molecule has 0 radical (unpaired) electrons. The molecule has 5 rings (SSSR count). The maximum absolute atomic E-state index is 11.9. The first-order valence-electron chi connectivity index (χ1n) is 10.0. The van der Waals surface area contributed by atoms with E-state index in [-0.39, 0.29) is 11.0 Å². The predicted octanol–water partition coefficient (Wildman–Crippen LogP) is 3.79. The second-order valence-electron chi connectivity index (χ2n) is 9.59. The number of rotatable bonds is 0. The molecule has 132 valence electrons. The topological polar surface area (TPSA) is 46.5 Å². The highest BCUT2D eigenvalue weighted by molar-refractivity contribution is 5.91. The largest absolute Gasteiger partial charge is 0.387 e. The van der Waals surface area contributed by atoms with Crippen molar-refractivity contribution >= 4 is 5.78 Å². The van der Waals surface area contributed by atoms with Gasteiger partial charge in [0.05, 0.1) is 17.3 Å². The fraction of sp³-hybridized carbons (Fsp3) is 0.857. The molecule has 3 nitrogen and oxygen atoms in total. The SMILES string of the molecule is C[C@H]1O[C@]23CC[C@H]4[C@@H](CCC5=CC(=O)CC[C@@]54C)[C@]2(O)CC[C@H]1C3. The van der Waals surface area contributed by atoms with Crippen LogP contribution in [0.5, 0.6) is 0 Å². The lowest BCUT2D eigenvalue weighted by atomic mass is 9.45. The van der Waals surface area contributed by atoms with Crippen LogP contribution in [0.4, 0.5) is 0 Å². The number of ketones is 1. The number of hydrogen-bond acceptors (Lipinski definition) is 3. The zero-order valence-corrected chi connectivity index (χ0v) is 15.0. The van der Waals surface area contributed by atoms with E-state index in [4.69, 9.17) is 4.74 Å². The Morgan fingerprint density at radius 1 is 1.12 bits per heavy atom.